The lowest BCUT2D eigenvalue weighted by Crippen LogP contribution is -2.24. The smallest absolute Gasteiger partial charge is 0.344 e. The maximum atomic E-state index is 13.1. The van der Waals surface area contributed by atoms with Crippen molar-refractivity contribution in [2.45, 2.75) is 52.6 Å². The standard InChI is InChI=1S/C25H28N4O2/c1-5-6-9-16-12-14-17(15-13-16)29-22(26)20(24(30)31-25(2,3)4)21-23(29)28-19-11-8-7-10-18(19)27-21/h7-8,10-15H,5-6,9,26H2,1-4H3. The molecular weight excluding hydrogens is 388 g/mol. The van der Waals surface area contributed by atoms with Gasteiger partial charge in [-0.3, -0.25) is 4.57 Å². The number of ether oxygens (including phenoxy) is 1. The van der Waals surface area contributed by atoms with Gasteiger partial charge in [0.05, 0.1) is 11.0 Å². The molecule has 2 N–H and O–H groups in total. The van der Waals surface area contributed by atoms with Crippen LogP contribution in [0.3, 0.4) is 0 Å². The zero-order valence-electron chi connectivity index (χ0n) is 18.5. The van der Waals surface area contributed by atoms with Crippen LogP contribution in [0.4, 0.5) is 5.82 Å². The molecule has 0 aliphatic rings. The third kappa shape index (κ3) is 4.10. The number of nitrogen functional groups attached to an aromatic ring is 1. The Bertz CT molecular complexity index is 1250. The van der Waals surface area contributed by atoms with Crippen molar-refractivity contribution in [3.05, 3.63) is 59.7 Å². The van der Waals surface area contributed by atoms with E-state index in [2.05, 4.69) is 19.1 Å². The van der Waals surface area contributed by atoms with Gasteiger partial charge in [0.15, 0.2) is 5.65 Å². The molecule has 0 aliphatic carbocycles. The molecule has 0 saturated heterocycles. The van der Waals surface area contributed by atoms with Gasteiger partial charge in [-0.15, -0.1) is 0 Å². The van der Waals surface area contributed by atoms with Gasteiger partial charge in [-0.25, -0.2) is 14.8 Å². The minimum atomic E-state index is -0.650. The topological polar surface area (TPSA) is 83.0 Å². The minimum absolute atomic E-state index is 0.248. The van der Waals surface area contributed by atoms with Crippen LogP contribution in [0, 0.1) is 0 Å². The summed E-state index contributed by atoms with van der Waals surface area (Å²) in [4.78, 5) is 22.6. The molecule has 0 amide bonds. The van der Waals surface area contributed by atoms with E-state index in [1.54, 1.807) is 4.57 Å². The Kier molecular flexibility index (Phi) is 5.39. The molecule has 0 atom stereocenters. The summed E-state index contributed by atoms with van der Waals surface area (Å²) in [6.07, 6.45) is 3.33. The lowest BCUT2D eigenvalue weighted by molar-refractivity contribution is 0.00728. The quantitative estimate of drug-likeness (QED) is 0.437. The Morgan fingerprint density at radius 1 is 1.03 bits per heavy atom. The van der Waals surface area contributed by atoms with Crippen LogP contribution in [-0.4, -0.2) is 26.1 Å². The number of unbranched alkanes of at least 4 members (excludes halogenated alkanes) is 1. The molecule has 0 fully saturated rings. The fourth-order valence-electron chi connectivity index (χ4n) is 3.65. The number of aryl methyl sites for hydroxylation is 1. The lowest BCUT2D eigenvalue weighted by Gasteiger charge is -2.19. The number of nitrogens with two attached hydrogens (primary N) is 1. The van der Waals surface area contributed by atoms with Crippen LogP contribution in [-0.2, 0) is 11.2 Å². The van der Waals surface area contributed by atoms with E-state index < -0.39 is 11.6 Å². The first-order valence-electron chi connectivity index (χ1n) is 10.7. The number of anilines is 1. The molecule has 4 aromatic rings. The normalized spacial score (nSPS) is 11.9. The molecule has 2 heterocycles. The number of hydrogen-bond acceptors (Lipinski definition) is 5. The van der Waals surface area contributed by atoms with Crippen LogP contribution in [0.5, 0.6) is 0 Å². The zero-order chi connectivity index (χ0) is 22.2. The number of benzene rings is 2. The minimum Gasteiger partial charge on any atom is -0.456 e. The van der Waals surface area contributed by atoms with Crippen LogP contribution in [0.15, 0.2) is 48.5 Å². The highest BCUT2D eigenvalue weighted by molar-refractivity contribution is 6.09. The molecule has 6 heteroatoms. The third-order valence-corrected chi connectivity index (χ3v) is 5.11. The van der Waals surface area contributed by atoms with Crippen molar-refractivity contribution in [3.63, 3.8) is 0 Å². The van der Waals surface area contributed by atoms with Crippen LogP contribution in [0.2, 0.25) is 0 Å². The van der Waals surface area contributed by atoms with Crippen molar-refractivity contribution in [2.75, 3.05) is 5.73 Å². The first-order chi connectivity index (χ1) is 14.8. The monoisotopic (exact) mass is 416 g/mol. The molecule has 0 spiro atoms. The number of aromatic nitrogens is 3. The number of hydrogen-bond donors (Lipinski definition) is 1. The molecule has 2 aromatic carbocycles. The molecule has 6 nitrogen and oxygen atoms in total. The van der Waals surface area contributed by atoms with Gasteiger partial charge in [-0.1, -0.05) is 37.6 Å². The second-order valence-corrected chi connectivity index (χ2v) is 8.75. The largest absolute Gasteiger partial charge is 0.456 e. The molecule has 2 aromatic heterocycles. The molecule has 0 bridgehead atoms. The Balaban J connectivity index is 1.93. The van der Waals surface area contributed by atoms with Gasteiger partial charge >= 0.3 is 5.97 Å². The Morgan fingerprint density at radius 3 is 2.29 bits per heavy atom. The lowest BCUT2D eigenvalue weighted by atomic mass is 10.1. The highest BCUT2D eigenvalue weighted by Crippen LogP contribution is 2.32. The number of para-hydroxylation sites is 2. The maximum absolute atomic E-state index is 13.1. The van der Waals surface area contributed by atoms with Gasteiger partial charge in [0.1, 0.15) is 22.5 Å². The van der Waals surface area contributed by atoms with Gasteiger partial charge in [-0.2, -0.15) is 0 Å². The van der Waals surface area contributed by atoms with Crippen molar-refractivity contribution in [1.82, 2.24) is 14.5 Å². The summed E-state index contributed by atoms with van der Waals surface area (Å²) in [5, 5.41) is 0. The van der Waals surface area contributed by atoms with Crippen LogP contribution >= 0.6 is 0 Å². The van der Waals surface area contributed by atoms with Gasteiger partial charge in [0.2, 0.25) is 0 Å². The molecular formula is C25H28N4O2. The summed E-state index contributed by atoms with van der Waals surface area (Å²) in [5.41, 5.74) is 10.7. The van der Waals surface area contributed by atoms with Crippen molar-refractivity contribution in [2.24, 2.45) is 0 Å². The molecule has 4 rings (SSSR count). The summed E-state index contributed by atoms with van der Waals surface area (Å²) in [7, 11) is 0. The summed E-state index contributed by atoms with van der Waals surface area (Å²) in [6.45, 7) is 7.67. The molecule has 0 aliphatic heterocycles. The second kappa shape index (κ2) is 8.02. The predicted molar refractivity (Wildman–Crippen MR) is 125 cm³/mol. The number of rotatable bonds is 5. The van der Waals surface area contributed by atoms with E-state index in [-0.39, 0.29) is 11.4 Å². The average molecular weight is 417 g/mol. The van der Waals surface area contributed by atoms with Crippen LogP contribution in [0.1, 0.15) is 56.5 Å². The summed E-state index contributed by atoms with van der Waals surface area (Å²) >= 11 is 0. The number of esters is 1. The van der Waals surface area contributed by atoms with Crippen LogP contribution in [0.25, 0.3) is 27.9 Å². The summed E-state index contributed by atoms with van der Waals surface area (Å²) in [5.74, 6) is -0.223. The molecule has 0 saturated carbocycles. The third-order valence-electron chi connectivity index (χ3n) is 5.11. The average Bonchev–Trinajstić information content (AvgIpc) is 3.00. The van der Waals surface area contributed by atoms with Gasteiger partial charge in [-0.05, 0) is 63.4 Å². The van der Waals surface area contributed by atoms with Crippen LogP contribution < -0.4 is 5.73 Å². The fourth-order valence-corrected chi connectivity index (χ4v) is 3.65. The van der Waals surface area contributed by atoms with Crippen molar-refractivity contribution < 1.29 is 9.53 Å². The maximum Gasteiger partial charge on any atom is 0.344 e. The molecule has 0 radical (unpaired) electrons. The highest BCUT2D eigenvalue weighted by atomic mass is 16.6. The SMILES string of the molecule is CCCCc1ccc(-n2c(N)c(C(=O)OC(C)(C)C)c3nc4ccccc4nc32)cc1. The van der Waals surface area contributed by atoms with E-state index in [1.807, 2.05) is 57.2 Å². The Morgan fingerprint density at radius 2 is 1.68 bits per heavy atom. The van der Waals surface area contributed by atoms with E-state index in [9.17, 15) is 4.79 Å². The van der Waals surface area contributed by atoms with E-state index in [0.29, 0.717) is 16.7 Å². The Hall–Kier alpha value is -3.41. The molecule has 31 heavy (non-hydrogen) atoms. The van der Waals surface area contributed by atoms with Crippen molar-refractivity contribution >= 4 is 34.0 Å². The van der Waals surface area contributed by atoms with E-state index in [4.69, 9.17) is 20.4 Å². The molecule has 0 unspecified atom stereocenters. The van der Waals surface area contributed by atoms with Gasteiger partial charge in [0.25, 0.3) is 0 Å². The number of nitrogens with zero attached hydrogens (tertiary/aromatic N) is 3. The Labute approximate surface area is 182 Å². The first kappa shape index (κ1) is 20.8. The van der Waals surface area contributed by atoms with Gasteiger partial charge < -0.3 is 10.5 Å². The fraction of sp³-hybridized carbons (Fsp3) is 0.320. The van der Waals surface area contributed by atoms with Crippen molar-refractivity contribution in [1.29, 1.82) is 0 Å². The summed E-state index contributed by atoms with van der Waals surface area (Å²) in [6, 6.07) is 15.8. The number of carbonyl (C=O) groups is 1. The van der Waals surface area contributed by atoms with Crippen molar-refractivity contribution in [3.8, 4) is 5.69 Å². The van der Waals surface area contributed by atoms with E-state index in [0.717, 1.165) is 30.5 Å². The van der Waals surface area contributed by atoms with E-state index >= 15 is 0 Å². The second-order valence-electron chi connectivity index (χ2n) is 8.75. The first-order valence-corrected chi connectivity index (χ1v) is 10.7. The summed E-state index contributed by atoms with van der Waals surface area (Å²) < 4.78 is 7.43. The molecule has 160 valence electrons. The van der Waals surface area contributed by atoms with E-state index in [1.165, 1.54) is 5.56 Å². The number of fused-ring (bicyclic) bond motifs is 2. The highest BCUT2D eigenvalue weighted by Gasteiger charge is 2.28. The van der Waals surface area contributed by atoms with Gasteiger partial charge in [0, 0.05) is 5.69 Å². The predicted octanol–water partition coefficient (Wildman–Crippen LogP) is 5.45. The zero-order valence-corrected chi connectivity index (χ0v) is 18.5. The number of carbonyl (C=O) groups excluding carboxylic acids is 1.